The number of hydrogen-bond donors (Lipinski definition) is 0. The summed E-state index contributed by atoms with van der Waals surface area (Å²) in [6.07, 6.45) is 0. The van der Waals surface area contributed by atoms with Gasteiger partial charge in [0.15, 0.2) is 0 Å². The van der Waals surface area contributed by atoms with Crippen molar-refractivity contribution >= 4 is 32.3 Å². The van der Waals surface area contributed by atoms with Crippen LogP contribution in [-0.2, 0) is 0 Å². The van der Waals surface area contributed by atoms with Gasteiger partial charge in [-0.3, -0.25) is 0 Å². The maximum absolute atomic E-state index is 3.24. The van der Waals surface area contributed by atoms with Gasteiger partial charge >= 0.3 is 0 Å². The Labute approximate surface area is 99.8 Å². The maximum Gasteiger partial charge on any atom is -0.00237 e. The molecule has 0 unspecified atom stereocenters. The van der Waals surface area contributed by atoms with Crippen molar-refractivity contribution in [2.24, 2.45) is 0 Å². The van der Waals surface area contributed by atoms with Crippen LogP contribution in [0, 0.1) is 13.0 Å². The van der Waals surface area contributed by atoms with Gasteiger partial charge in [-0.05, 0) is 63.0 Å². The molecule has 4 aromatic rings. The second-order valence-corrected chi connectivity index (χ2v) is 4.67. The van der Waals surface area contributed by atoms with Gasteiger partial charge in [0.2, 0.25) is 0 Å². The third-order valence-corrected chi connectivity index (χ3v) is 3.64. The topological polar surface area (TPSA) is 0 Å². The molecule has 0 fully saturated rings. The normalized spacial score (nSPS) is 11.8. The summed E-state index contributed by atoms with van der Waals surface area (Å²) in [6.45, 7) is 2.18. The minimum atomic E-state index is 1.29. The Hall–Kier alpha value is -2.08. The van der Waals surface area contributed by atoms with Gasteiger partial charge in [0.05, 0.1) is 0 Å². The lowest BCUT2D eigenvalue weighted by Crippen LogP contribution is -1.86. The standard InChI is InChI=1S/C17H11/c1-11-10-14-6-2-4-12-8-9-13-5-3-7-15(11)17(13)16(12)14/h2,4-10H,1H3. The molecule has 17 heavy (non-hydrogen) atoms. The molecule has 0 N–H and O–H groups in total. The first-order valence-electron chi connectivity index (χ1n) is 5.89. The first-order chi connectivity index (χ1) is 8.34. The Morgan fingerprint density at radius 3 is 2.59 bits per heavy atom. The summed E-state index contributed by atoms with van der Waals surface area (Å²) in [5.41, 5.74) is 1.33. The Bertz CT molecular complexity index is 840. The average molecular weight is 215 g/mol. The van der Waals surface area contributed by atoms with Crippen LogP contribution in [0.5, 0.6) is 0 Å². The smallest absolute Gasteiger partial charge is 0.00237 e. The first kappa shape index (κ1) is 9.00. The zero-order chi connectivity index (χ0) is 11.4. The highest BCUT2D eigenvalue weighted by Crippen LogP contribution is 2.35. The molecule has 0 aliphatic carbocycles. The van der Waals surface area contributed by atoms with Crippen LogP contribution in [0.2, 0.25) is 0 Å². The minimum Gasteiger partial charge on any atom is -0.0610 e. The van der Waals surface area contributed by atoms with E-state index in [1.54, 1.807) is 0 Å². The Morgan fingerprint density at radius 2 is 1.65 bits per heavy atom. The molecule has 0 heteroatoms. The lowest BCUT2D eigenvalue weighted by atomic mass is 9.92. The highest BCUT2D eigenvalue weighted by molar-refractivity contribution is 6.23. The molecule has 0 saturated carbocycles. The van der Waals surface area contributed by atoms with Gasteiger partial charge in [0, 0.05) is 0 Å². The predicted molar refractivity (Wildman–Crippen MR) is 73.7 cm³/mol. The van der Waals surface area contributed by atoms with Gasteiger partial charge in [-0.25, -0.2) is 0 Å². The van der Waals surface area contributed by atoms with Gasteiger partial charge in [-0.15, -0.1) is 0 Å². The zero-order valence-corrected chi connectivity index (χ0v) is 9.62. The van der Waals surface area contributed by atoms with Crippen LogP contribution in [-0.4, -0.2) is 0 Å². The summed E-state index contributed by atoms with van der Waals surface area (Å²) >= 11 is 0. The van der Waals surface area contributed by atoms with Crippen molar-refractivity contribution < 1.29 is 0 Å². The van der Waals surface area contributed by atoms with Crippen LogP contribution >= 0.6 is 0 Å². The molecule has 0 nitrogen and oxygen atoms in total. The van der Waals surface area contributed by atoms with Crippen LogP contribution in [0.25, 0.3) is 32.3 Å². The van der Waals surface area contributed by atoms with Crippen molar-refractivity contribution in [2.45, 2.75) is 6.92 Å². The Balaban J connectivity index is 2.50. The molecule has 4 rings (SSSR count). The summed E-state index contributed by atoms with van der Waals surface area (Å²) in [7, 11) is 0. The molecule has 0 aliphatic rings. The van der Waals surface area contributed by atoms with Crippen molar-refractivity contribution in [1.82, 2.24) is 0 Å². The van der Waals surface area contributed by atoms with E-state index in [-0.39, 0.29) is 0 Å². The average Bonchev–Trinajstić information content (AvgIpc) is 2.37. The fraction of sp³-hybridized carbons (Fsp3) is 0.0588. The largest absolute Gasteiger partial charge is 0.0610 e. The fourth-order valence-electron chi connectivity index (χ4n) is 2.86. The molecule has 0 aliphatic heterocycles. The molecule has 79 valence electrons. The summed E-state index contributed by atoms with van der Waals surface area (Å²) in [5, 5.41) is 8.05. The molecule has 0 heterocycles. The molecule has 1 radical (unpaired) electrons. The highest BCUT2D eigenvalue weighted by atomic mass is 14.1. The molecule has 0 atom stereocenters. The summed E-state index contributed by atoms with van der Waals surface area (Å²) < 4.78 is 0. The van der Waals surface area contributed by atoms with Crippen LogP contribution < -0.4 is 0 Å². The maximum atomic E-state index is 3.24. The second-order valence-electron chi connectivity index (χ2n) is 4.67. The van der Waals surface area contributed by atoms with E-state index < -0.39 is 0 Å². The molecule has 0 amide bonds. The summed E-state index contributed by atoms with van der Waals surface area (Å²) in [4.78, 5) is 0. The summed E-state index contributed by atoms with van der Waals surface area (Å²) in [6, 6.07) is 20.6. The van der Waals surface area contributed by atoms with E-state index in [4.69, 9.17) is 0 Å². The van der Waals surface area contributed by atoms with Gasteiger partial charge in [-0.2, -0.15) is 0 Å². The fourth-order valence-corrected chi connectivity index (χ4v) is 2.86. The molecule has 0 saturated heterocycles. The SMILES string of the molecule is Cc1cc2cccc3ccc4c[c]cc1c4c32. The van der Waals surface area contributed by atoms with Crippen molar-refractivity contribution in [3.05, 3.63) is 60.2 Å². The number of rotatable bonds is 0. The zero-order valence-electron chi connectivity index (χ0n) is 9.62. The van der Waals surface area contributed by atoms with E-state index in [1.165, 1.54) is 37.9 Å². The lowest BCUT2D eigenvalue weighted by Gasteiger charge is -2.12. The third kappa shape index (κ3) is 1.07. The van der Waals surface area contributed by atoms with Crippen molar-refractivity contribution in [1.29, 1.82) is 0 Å². The Morgan fingerprint density at radius 1 is 0.824 bits per heavy atom. The van der Waals surface area contributed by atoms with Crippen LogP contribution in [0.4, 0.5) is 0 Å². The molecule has 0 bridgehead atoms. The van der Waals surface area contributed by atoms with E-state index in [0.717, 1.165) is 0 Å². The molecular formula is C17H11. The van der Waals surface area contributed by atoms with E-state index in [9.17, 15) is 0 Å². The number of aryl methyl sites for hydroxylation is 1. The van der Waals surface area contributed by atoms with Gasteiger partial charge < -0.3 is 0 Å². The van der Waals surface area contributed by atoms with E-state index in [2.05, 4.69) is 61.5 Å². The van der Waals surface area contributed by atoms with Crippen molar-refractivity contribution in [2.75, 3.05) is 0 Å². The second kappa shape index (κ2) is 2.98. The van der Waals surface area contributed by atoms with Crippen LogP contribution in [0.1, 0.15) is 5.56 Å². The van der Waals surface area contributed by atoms with Gasteiger partial charge in [-0.1, -0.05) is 36.4 Å². The number of benzene rings is 4. The quantitative estimate of drug-likeness (QED) is 0.373. The van der Waals surface area contributed by atoms with Crippen molar-refractivity contribution in [3.8, 4) is 0 Å². The molecular weight excluding hydrogens is 204 g/mol. The van der Waals surface area contributed by atoms with Crippen LogP contribution in [0.15, 0.2) is 48.5 Å². The molecule has 4 aromatic carbocycles. The van der Waals surface area contributed by atoms with E-state index in [0.29, 0.717) is 0 Å². The van der Waals surface area contributed by atoms with E-state index >= 15 is 0 Å². The Kier molecular flexibility index (Phi) is 1.58. The van der Waals surface area contributed by atoms with E-state index in [1.807, 2.05) is 0 Å². The minimum absolute atomic E-state index is 1.29. The van der Waals surface area contributed by atoms with Crippen molar-refractivity contribution in [3.63, 3.8) is 0 Å². The van der Waals surface area contributed by atoms with Crippen LogP contribution in [0.3, 0.4) is 0 Å². The monoisotopic (exact) mass is 215 g/mol. The molecule has 0 spiro atoms. The highest BCUT2D eigenvalue weighted by Gasteiger charge is 2.08. The molecule has 0 aromatic heterocycles. The van der Waals surface area contributed by atoms with Gasteiger partial charge in [0.25, 0.3) is 0 Å². The lowest BCUT2D eigenvalue weighted by molar-refractivity contribution is 1.56. The first-order valence-corrected chi connectivity index (χ1v) is 5.89. The third-order valence-electron chi connectivity index (χ3n) is 3.64. The summed E-state index contributed by atoms with van der Waals surface area (Å²) in [5.74, 6) is 0. The van der Waals surface area contributed by atoms with Gasteiger partial charge in [0.1, 0.15) is 0 Å². The number of hydrogen-bond acceptors (Lipinski definition) is 0. The predicted octanol–water partition coefficient (Wildman–Crippen LogP) is 4.69.